The first kappa shape index (κ1) is 22.5. The number of nitrogens with zero attached hydrogens (tertiary/aromatic N) is 3. The molecule has 0 atom stereocenters. The van der Waals surface area contributed by atoms with E-state index in [9.17, 15) is 4.39 Å². The molecule has 1 saturated heterocycles. The van der Waals surface area contributed by atoms with E-state index >= 15 is 0 Å². The minimum Gasteiger partial charge on any atom is -0.359 e. The van der Waals surface area contributed by atoms with E-state index in [0.29, 0.717) is 23.7 Å². The fourth-order valence-corrected chi connectivity index (χ4v) is 4.78. The van der Waals surface area contributed by atoms with Crippen molar-refractivity contribution >= 4 is 0 Å². The monoisotopic (exact) mass is 455 g/mol. The van der Waals surface area contributed by atoms with Crippen LogP contribution in [-0.4, -0.2) is 47.7 Å². The molecule has 5 heteroatoms. The molecule has 4 aromatic rings. The van der Waals surface area contributed by atoms with Gasteiger partial charge in [0, 0.05) is 43.7 Å². The summed E-state index contributed by atoms with van der Waals surface area (Å²) in [6.45, 7) is 5.80. The summed E-state index contributed by atoms with van der Waals surface area (Å²) in [6, 6.07) is 30.2. The van der Waals surface area contributed by atoms with Crippen LogP contribution < -0.4 is 0 Å². The molecule has 5 rings (SSSR count). The van der Waals surface area contributed by atoms with Crippen molar-refractivity contribution in [3.8, 4) is 11.3 Å². The highest BCUT2D eigenvalue weighted by Crippen LogP contribution is 2.28. The van der Waals surface area contributed by atoms with Crippen molar-refractivity contribution in [1.82, 2.24) is 15.0 Å². The smallest absolute Gasteiger partial charge is 0.151 e. The van der Waals surface area contributed by atoms with Crippen LogP contribution in [0.15, 0.2) is 95.5 Å². The van der Waals surface area contributed by atoms with Gasteiger partial charge in [0.15, 0.2) is 5.76 Å². The fraction of sp³-hybridized carbons (Fsp3) is 0.276. The lowest BCUT2D eigenvalue weighted by Gasteiger charge is -2.35. The SMILES string of the molecule is Fc1ccccc1-c1cc(CN2CCN(CCC(c3ccccc3)c3ccccc3)CC2)on1. The van der Waals surface area contributed by atoms with Crippen LogP contribution in [0.25, 0.3) is 11.3 Å². The fourth-order valence-electron chi connectivity index (χ4n) is 4.78. The number of aromatic nitrogens is 1. The Balaban J connectivity index is 1.15. The molecule has 1 aliphatic rings. The van der Waals surface area contributed by atoms with Crippen LogP contribution in [0.2, 0.25) is 0 Å². The molecule has 34 heavy (non-hydrogen) atoms. The third-order valence-corrected chi connectivity index (χ3v) is 6.69. The van der Waals surface area contributed by atoms with Gasteiger partial charge in [-0.1, -0.05) is 78.0 Å². The number of rotatable bonds is 8. The Hall–Kier alpha value is -3.28. The minimum atomic E-state index is -0.278. The number of hydrogen-bond donors (Lipinski definition) is 0. The quantitative estimate of drug-likeness (QED) is 0.335. The summed E-state index contributed by atoms with van der Waals surface area (Å²) in [7, 11) is 0. The highest BCUT2D eigenvalue weighted by Gasteiger charge is 2.21. The summed E-state index contributed by atoms with van der Waals surface area (Å²) in [4.78, 5) is 4.94. The highest BCUT2D eigenvalue weighted by molar-refractivity contribution is 5.59. The maximum atomic E-state index is 14.0. The molecule has 0 spiro atoms. The molecule has 174 valence electrons. The maximum Gasteiger partial charge on any atom is 0.151 e. The molecule has 1 aliphatic heterocycles. The minimum absolute atomic E-state index is 0.278. The number of hydrogen-bond acceptors (Lipinski definition) is 4. The van der Waals surface area contributed by atoms with E-state index in [2.05, 4.69) is 75.6 Å². The highest BCUT2D eigenvalue weighted by atomic mass is 19.1. The van der Waals surface area contributed by atoms with E-state index in [0.717, 1.165) is 44.9 Å². The molecular formula is C29H30FN3O. The van der Waals surface area contributed by atoms with E-state index in [1.807, 2.05) is 12.1 Å². The van der Waals surface area contributed by atoms with Gasteiger partial charge in [0.05, 0.1) is 6.54 Å². The molecule has 1 aromatic heterocycles. The Labute approximate surface area is 200 Å². The van der Waals surface area contributed by atoms with Crippen LogP contribution in [0.1, 0.15) is 29.2 Å². The summed E-state index contributed by atoms with van der Waals surface area (Å²) in [5.74, 6) is 0.909. The molecule has 0 amide bonds. The Morgan fingerprint density at radius 3 is 2.00 bits per heavy atom. The summed E-state index contributed by atoms with van der Waals surface area (Å²) < 4.78 is 19.5. The zero-order valence-electron chi connectivity index (χ0n) is 19.3. The van der Waals surface area contributed by atoms with E-state index in [4.69, 9.17) is 4.52 Å². The molecule has 3 aromatic carbocycles. The summed E-state index contributed by atoms with van der Waals surface area (Å²) >= 11 is 0. The molecule has 0 radical (unpaired) electrons. The second kappa shape index (κ2) is 10.8. The number of benzene rings is 3. The second-order valence-corrected chi connectivity index (χ2v) is 8.94. The van der Waals surface area contributed by atoms with Gasteiger partial charge in [-0.25, -0.2) is 4.39 Å². The van der Waals surface area contributed by atoms with Crippen LogP contribution in [0.3, 0.4) is 0 Å². The van der Waals surface area contributed by atoms with Gasteiger partial charge in [0.25, 0.3) is 0 Å². The third kappa shape index (κ3) is 5.44. The van der Waals surface area contributed by atoms with E-state index in [-0.39, 0.29) is 5.82 Å². The van der Waals surface area contributed by atoms with Crippen molar-refractivity contribution in [3.63, 3.8) is 0 Å². The first-order chi connectivity index (χ1) is 16.8. The van der Waals surface area contributed by atoms with Gasteiger partial charge in [-0.15, -0.1) is 0 Å². The van der Waals surface area contributed by atoms with E-state index in [1.54, 1.807) is 12.1 Å². The molecular weight excluding hydrogens is 425 g/mol. The van der Waals surface area contributed by atoms with E-state index in [1.165, 1.54) is 17.2 Å². The van der Waals surface area contributed by atoms with E-state index < -0.39 is 0 Å². The van der Waals surface area contributed by atoms with Gasteiger partial charge in [0.2, 0.25) is 0 Å². The lowest BCUT2D eigenvalue weighted by molar-refractivity contribution is 0.117. The standard InChI is InChI=1S/C29H30FN3O/c30-28-14-8-7-13-27(28)29-21-25(34-31-29)22-33-19-17-32(18-20-33)16-15-26(23-9-3-1-4-10-23)24-11-5-2-6-12-24/h1-14,21,26H,15-20,22H2. The molecule has 2 heterocycles. The van der Waals surface area contributed by atoms with Gasteiger partial charge in [-0.05, 0) is 36.2 Å². The summed E-state index contributed by atoms with van der Waals surface area (Å²) in [5.41, 5.74) is 3.79. The third-order valence-electron chi connectivity index (χ3n) is 6.69. The van der Waals surface area contributed by atoms with Crippen LogP contribution >= 0.6 is 0 Å². The van der Waals surface area contributed by atoms with Crippen molar-refractivity contribution in [2.45, 2.75) is 18.9 Å². The van der Waals surface area contributed by atoms with Gasteiger partial charge in [-0.3, -0.25) is 4.90 Å². The zero-order chi connectivity index (χ0) is 23.2. The summed E-state index contributed by atoms with van der Waals surface area (Å²) in [5, 5.41) is 4.08. The Morgan fingerprint density at radius 2 is 1.35 bits per heavy atom. The zero-order valence-corrected chi connectivity index (χ0v) is 19.3. The molecule has 0 saturated carbocycles. The Bertz CT molecular complexity index is 1130. The van der Waals surface area contributed by atoms with Gasteiger partial charge < -0.3 is 9.42 Å². The molecule has 1 fully saturated rings. The molecule has 0 N–H and O–H groups in total. The van der Waals surface area contributed by atoms with Crippen LogP contribution in [0.4, 0.5) is 4.39 Å². The van der Waals surface area contributed by atoms with Crippen molar-refractivity contribution in [2.75, 3.05) is 32.7 Å². The van der Waals surface area contributed by atoms with Gasteiger partial charge in [0.1, 0.15) is 11.5 Å². The maximum absolute atomic E-state index is 14.0. The van der Waals surface area contributed by atoms with Crippen LogP contribution in [0, 0.1) is 5.82 Å². The number of piperazine rings is 1. The topological polar surface area (TPSA) is 32.5 Å². The molecule has 0 aliphatic carbocycles. The van der Waals surface area contributed by atoms with Gasteiger partial charge in [-0.2, -0.15) is 0 Å². The Morgan fingerprint density at radius 1 is 0.765 bits per heavy atom. The second-order valence-electron chi connectivity index (χ2n) is 8.94. The average molecular weight is 456 g/mol. The normalized spacial score (nSPS) is 15.1. The van der Waals surface area contributed by atoms with Gasteiger partial charge >= 0.3 is 0 Å². The predicted octanol–water partition coefficient (Wildman–Crippen LogP) is 5.82. The van der Waals surface area contributed by atoms with Crippen molar-refractivity contribution in [1.29, 1.82) is 0 Å². The number of halogens is 1. The van der Waals surface area contributed by atoms with Crippen molar-refractivity contribution in [2.24, 2.45) is 0 Å². The Kier molecular flexibility index (Phi) is 7.13. The molecule has 0 unspecified atom stereocenters. The first-order valence-corrected chi connectivity index (χ1v) is 12.0. The lowest BCUT2D eigenvalue weighted by atomic mass is 9.88. The van der Waals surface area contributed by atoms with Crippen LogP contribution in [-0.2, 0) is 6.54 Å². The summed E-state index contributed by atoms with van der Waals surface area (Å²) in [6.07, 6.45) is 1.10. The predicted molar refractivity (Wildman–Crippen MR) is 133 cm³/mol. The molecule has 0 bridgehead atoms. The molecule has 4 nitrogen and oxygen atoms in total. The first-order valence-electron chi connectivity index (χ1n) is 12.0. The largest absolute Gasteiger partial charge is 0.359 e. The van der Waals surface area contributed by atoms with Crippen LogP contribution in [0.5, 0.6) is 0 Å². The van der Waals surface area contributed by atoms with Crippen molar-refractivity contribution in [3.05, 3.63) is 114 Å². The average Bonchev–Trinajstić information content (AvgIpc) is 3.35. The lowest BCUT2D eigenvalue weighted by Crippen LogP contribution is -2.46. The van der Waals surface area contributed by atoms with Crippen molar-refractivity contribution < 1.29 is 8.91 Å².